The lowest BCUT2D eigenvalue weighted by Crippen LogP contribution is -2.25. The number of hydrogen-bond acceptors (Lipinski definition) is 10. The van der Waals surface area contributed by atoms with Crippen molar-refractivity contribution in [3.05, 3.63) is 82.4 Å². The second-order valence-electron chi connectivity index (χ2n) is 9.45. The van der Waals surface area contributed by atoms with Crippen LogP contribution in [-0.4, -0.2) is 35.1 Å². The number of anilines is 3. The molecule has 2 aromatic heterocycles. The summed E-state index contributed by atoms with van der Waals surface area (Å²) < 4.78 is 31.2. The fourth-order valence-corrected chi connectivity index (χ4v) is 5.89. The molecule has 0 bridgehead atoms. The van der Waals surface area contributed by atoms with E-state index in [9.17, 15) is 9.65 Å². The van der Waals surface area contributed by atoms with E-state index < -0.39 is 5.79 Å². The minimum absolute atomic E-state index is 0.0398. The van der Waals surface area contributed by atoms with Crippen LogP contribution in [0.15, 0.2) is 58.9 Å². The quantitative estimate of drug-likeness (QED) is 0.159. The molecule has 3 N–H and O–H groups in total. The van der Waals surface area contributed by atoms with Crippen molar-refractivity contribution in [1.82, 2.24) is 9.97 Å². The molecule has 12 heteroatoms. The lowest BCUT2D eigenvalue weighted by atomic mass is 10.00. The summed E-state index contributed by atoms with van der Waals surface area (Å²) in [6.45, 7) is 12.2. The Labute approximate surface area is 244 Å². The Kier molecular flexibility index (Phi) is 8.38. The number of nitrogen functional groups attached to an aromatic ring is 1. The highest BCUT2D eigenvalue weighted by Gasteiger charge is 2.33. The van der Waals surface area contributed by atoms with Crippen molar-refractivity contribution in [2.75, 3.05) is 24.3 Å². The first-order valence-electron chi connectivity index (χ1n) is 12.5. The number of thioether (sulfide) groups is 1. The number of aromatic nitrogens is 2. The number of nitrogens with two attached hydrogens (primary N) is 1. The van der Waals surface area contributed by atoms with E-state index in [0.29, 0.717) is 51.7 Å². The van der Waals surface area contributed by atoms with Crippen LogP contribution in [0.3, 0.4) is 0 Å². The zero-order valence-corrected chi connectivity index (χ0v) is 23.8. The molecule has 0 radical (unpaired) electrons. The van der Waals surface area contributed by atoms with Crippen molar-refractivity contribution >= 4 is 45.4 Å². The van der Waals surface area contributed by atoms with Crippen LogP contribution in [0, 0.1) is 23.7 Å². The average Bonchev–Trinajstić information content (AvgIpc) is 3.56. The molecule has 1 saturated heterocycles. The minimum Gasteiger partial charge on any atom is -0.491 e. The van der Waals surface area contributed by atoms with Crippen molar-refractivity contribution in [3.8, 4) is 22.9 Å². The van der Waals surface area contributed by atoms with Crippen molar-refractivity contribution in [2.45, 2.75) is 36.5 Å². The maximum absolute atomic E-state index is 14.0. The van der Waals surface area contributed by atoms with Gasteiger partial charge in [0.05, 0.1) is 30.1 Å². The predicted molar refractivity (Wildman–Crippen MR) is 157 cm³/mol. The van der Waals surface area contributed by atoms with Crippen LogP contribution in [0.5, 0.6) is 5.75 Å². The lowest BCUT2D eigenvalue weighted by Gasteiger charge is -2.17. The summed E-state index contributed by atoms with van der Waals surface area (Å²) in [7, 11) is 0. The van der Waals surface area contributed by atoms with Crippen LogP contribution in [0.25, 0.3) is 16.0 Å². The van der Waals surface area contributed by atoms with E-state index in [1.165, 1.54) is 29.2 Å². The summed E-state index contributed by atoms with van der Waals surface area (Å²) in [4.78, 5) is 12.5. The second-order valence-corrected chi connectivity index (χ2v) is 11.3. The van der Waals surface area contributed by atoms with Gasteiger partial charge >= 0.3 is 0 Å². The Morgan fingerprint density at radius 2 is 2.05 bits per heavy atom. The molecule has 0 amide bonds. The first kappa shape index (κ1) is 28.3. The van der Waals surface area contributed by atoms with Crippen molar-refractivity contribution in [2.24, 2.45) is 0 Å². The Morgan fingerprint density at radius 3 is 2.73 bits per heavy atom. The van der Waals surface area contributed by atoms with Crippen LogP contribution >= 0.6 is 23.1 Å². The first-order chi connectivity index (χ1) is 19.8. The summed E-state index contributed by atoms with van der Waals surface area (Å²) >= 11 is 2.63. The Bertz CT molecular complexity index is 1650. The molecule has 1 atom stereocenters. The zero-order chi connectivity index (χ0) is 29.0. The van der Waals surface area contributed by atoms with Crippen molar-refractivity contribution in [1.29, 1.82) is 5.26 Å². The number of halogens is 1. The molecule has 1 aliphatic heterocycles. The van der Waals surface area contributed by atoms with Crippen LogP contribution in [0.4, 0.5) is 26.7 Å². The maximum atomic E-state index is 14.0. The molecule has 1 unspecified atom stereocenters. The molecule has 3 heterocycles. The number of nitriles is 1. The van der Waals surface area contributed by atoms with E-state index in [1.807, 2.05) is 19.2 Å². The number of thiazole rings is 1. The normalized spacial score (nSPS) is 15.7. The largest absolute Gasteiger partial charge is 0.491 e. The van der Waals surface area contributed by atoms with Crippen LogP contribution in [-0.2, 0) is 15.2 Å². The molecule has 0 saturated carbocycles. The van der Waals surface area contributed by atoms with Crippen LogP contribution in [0.2, 0.25) is 0 Å². The summed E-state index contributed by atoms with van der Waals surface area (Å²) in [5.74, 6) is 0.0523. The molecular weight excluding hydrogens is 563 g/mol. The second kappa shape index (κ2) is 12.1. The van der Waals surface area contributed by atoms with Gasteiger partial charge < -0.3 is 25.3 Å². The van der Waals surface area contributed by atoms with Gasteiger partial charge in [0.1, 0.15) is 41.2 Å². The van der Waals surface area contributed by atoms with E-state index >= 15 is 0 Å². The monoisotopic (exact) mass is 588 g/mol. The van der Waals surface area contributed by atoms with Crippen molar-refractivity contribution < 1.29 is 18.6 Å². The average molecular weight is 589 g/mol. The molecule has 2 aromatic carbocycles. The van der Waals surface area contributed by atoms with E-state index in [0.717, 1.165) is 5.69 Å². The number of para-hydroxylation sites is 1. The Hall–Kier alpha value is -4.20. The standard InChI is InChI=1S/C29H25FN6O3S2/c1-29(2)38-14-20(39-29)13-37-19-10-8-17(9-11-19)24-21(12-31)27(36-26(32)25(24)33-3)40-15-18-16-41-28(34-18)35-23-7-5-4-6-22(23)30/h4-11,16,20H,13-15H2,1-2H3,(H2,32,36)(H,34,35). The third kappa shape index (κ3) is 6.59. The van der Waals surface area contributed by atoms with E-state index in [2.05, 4.69) is 26.2 Å². The van der Waals surface area contributed by atoms with E-state index in [1.54, 1.807) is 42.5 Å². The highest BCUT2D eigenvalue weighted by atomic mass is 32.2. The Balaban J connectivity index is 1.33. The molecule has 1 aliphatic rings. The smallest absolute Gasteiger partial charge is 0.236 e. The van der Waals surface area contributed by atoms with Crippen molar-refractivity contribution in [3.63, 3.8) is 0 Å². The highest BCUT2D eigenvalue weighted by molar-refractivity contribution is 7.98. The molecule has 4 aromatic rings. The molecule has 5 rings (SSSR count). The molecule has 1 fully saturated rings. The lowest BCUT2D eigenvalue weighted by molar-refractivity contribution is -0.141. The number of nitrogens with one attached hydrogen (secondary N) is 1. The van der Waals surface area contributed by atoms with Gasteiger partial charge in [-0.25, -0.2) is 19.2 Å². The predicted octanol–water partition coefficient (Wildman–Crippen LogP) is 6.92. The summed E-state index contributed by atoms with van der Waals surface area (Å²) in [6.07, 6.45) is -0.174. The van der Waals surface area contributed by atoms with Gasteiger partial charge in [0.15, 0.2) is 10.9 Å². The van der Waals surface area contributed by atoms with Gasteiger partial charge in [-0.1, -0.05) is 36.0 Å². The summed E-state index contributed by atoms with van der Waals surface area (Å²) in [5, 5.41) is 15.9. The highest BCUT2D eigenvalue weighted by Crippen LogP contribution is 2.42. The SMILES string of the molecule is [C-]#[N+]c1c(N)nc(SCc2csc(Nc3ccccc3F)n2)c(C#N)c1-c1ccc(OCC2COC(C)(C)O2)cc1. The molecule has 41 heavy (non-hydrogen) atoms. The molecule has 9 nitrogen and oxygen atoms in total. The minimum atomic E-state index is -0.626. The van der Waals surface area contributed by atoms with E-state index in [-0.39, 0.29) is 29.0 Å². The molecule has 0 aliphatic carbocycles. The topological polar surface area (TPSA) is 120 Å². The maximum Gasteiger partial charge on any atom is 0.236 e. The van der Waals surface area contributed by atoms with Gasteiger partial charge in [0.25, 0.3) is 0 Å². The van der Waals surface area contributed by atoms with Crippen LogP contribution in [0.1, 0.15) is 25.1 Å². The number of ether oxygens (including phenoxy) is 3. The Morgan fingerprint density at radius 1 is 1.27 bits per heavy atom. The summed E-state index contributed by atoms with van der Waals surface area (Å²) in [5.41, 5.74) is 8.66. The zero-order valence-electron chi connectivity index (χ0n) is 22.2. The molecule has 208 valence electrons. The fourth-order valence-electron chi connectivity index (χ4n) is 4.18. The van der Waals surface area contributed by atoms with Gasteiger partial charge in [-0.15, -0.1) is 11.3 Å². The number of hydrogen-bond donors (Lipinski definition) is 2. The molecule has 0 spiro atoms. The van der Waals surface area contributed by atoms with Crippen LogP contribution < -0.4 is 15.8 Å². The van der Waals surface area contributed by atoms with Gasteiger partial charge in [0.2, 0.25) is 5.69 Å². The third-order valence-electron chi connectivity index (χ3n) is 6.06. The summed E-state index contributed by atoms with van der Waals surface area (Å²) in [6, 6.07) is 15.7. The third-order valence-corrected chi connectivity index (χ3v) is 7.87. The van der Waals surface area contributed by atoms with Gasteiger partial charge in [-0.05, 0) is 43.7 Å². The molecular formula is C29H25FN6O3S2. The number of benzene rings is 2. The van der Waals surface area contributed by atoms with Gasteiger partial charge in [0, 0.05) is 16.7 Å². The number of nitrogens with zero attached hydrogens (tertiary/aromatic N) is 4. The fraction of sp³-hybridized carbons (Fsp3) is 0.241. The first-order valence-corrected chi connectivity index (χ1v) is 14.4. The number of rotatable bonds is 9. The van der Waals surface area contributed by atoms with E-state index in [4.69, 9.17) is 26.5 Å². The van der Waals surface area contributed by atoms with Gasteiger partial charge in [-0.3, -0.25) is 0 Å². The van der Waals surface area contributed by atoms with Gasteiger partial charge in [-0.2, -0.15) is 5.26 Å². The number of pyridine rings is 1.